The van der Waals surface area contributed by atoms with E-state index in [4.69, 9.17) is 5.11 Å². The Morgan fingerprint density at radius 3 is 2.52 bits per heavy atom. The fraction of sp³-hybridized carbons (Fsp3) is 0.217. The van der Waals surface area contributed by atoms with Gasteiger partial charge in [-0.1, -0.05) is 31.2 Å². The number of thioether (sulfide) groups is 1. The van der Waals surface area contributed by atoms with Crippen LogP contribution in [0.15, 0.2) is 65.6 Å². The second-order valence-corrected chi connectivity index (χ2v) is 7.86. The predicted molar refractivity (Wildman–Crippen MR) is 119 cm³/mol. The number of hydrogen-bond donors (Lipinski definition) is 3. The minimum atomic E-state index is -0.812. The van der Waals surface area contributed by atoms with Gasteiger partial charge in [0.1, 0.15) is 11.6 Å². The molecule has 150 valence electrons. The molecule has 0 unspecified atom stereocenters. The molecule has 0 fully saturated rings. The fourth-order valence-electron chi connectivity index (χ4n) is 2.98. The summed E-state index contributed by atoms with van der Waals surface area (Å²) in [6, 6.07) is 19.4. The number of carbonyl (C=O) groups is 1. The first-order chi connectivity index (χ1) is 14.1. The van der Waals surface area contributed by atoms with Crippen LogP contribution >= 0.6 is 11.8 Å². The van der Waals surface area contributed by atoms with Gasteiger partial charge in [-0.25, -0.2) is 4.98 Å². The number of rotatable bonds is 9. The number of nitrogens with one attached hydrogen (secondary N) is 1. The van der Waals surface area contributed by atoms with Crippen molar-refractivity contribution in [3.8, 4) is 28.1 Å². The van der Waals surface area contributed by atoms with Gasteiger partial charge in [-0.2, -0.15) is 0 Å². The highest BCUT2D eigenvalue weighted by Crippen LogP contribution is 2.33. The average molecular weight is 409 g/mol. The number of aliphatic carboxylic acids is 1. The van der Waals surface area contributed by atoms with Gasteiger partial charge < -0.3 is 15.5 Å². The van der Waals surface area contributed by atoms with Crippen LogP contribution < -0.4 is 5.32 Å². The average Bonchev–Trinajstić information content (AvgIpc) is 2.72. The predicted octanol–water partition coefficient (Wildman–Crippen LogP) is 5.51. The SMILES string of the molecule is CCSc1ccc(-c2cc(NCCCC(=O)O)nc(-c3ccccc3O)c2)cc1. The Morgan fingerprint density at radius 2 is 1.83 bits per heavy atom. The van der Waals surface area contributed by atoms with Crippen molar-refractivity contribution in [1.29, 1.82) is 0 Å². The van der Waals surface area contributed by atoms with Crippen molar-refractivity contribution in [3.63, 3.8) is 0 Å². The molecule has 0 radical (unpaired) electrons. The molecule has 6 heteroatoms. The van der Waals surface area contributed by atoms with E-state index in [2.05, 4.69) is 41.5 Å². The van der Waals surface area contributed by atoms with Gasteiger partial charge in [0.15, 0.2) is 0 Å². The summed E-state index contributed by atoms with van der Waals surface area (Å²) in [5.41, 5.74) is 3.35. The zero-order valence-corrected chi connectivity index (χ0v) is 17.1. The van der Waals surface area contributed by atoms with Crippen LogP contribution in [0.5, 0.6) is 5.75 Å². The lowest BCUT2D eigenvalue weighted by Crippen LogP contribution is -2.06. The first-order valence-corrected chi connectivity index (χ1v) is 10.5. The Kier molecular flexibility index (Phi) is 7.14. The summed E-state index contributed by atoms with van der Waals surface area (Å²) < 4.78 is 0. The highest BCUT2D eigenvalue weighted by atomic mass is 32.2. The lowest BCUT2D eigenvalue weighted by atomic mass is 10.0. The molecule has 5 nitrogen and oxygen atoms in total. The second kappa shape index (κ2) is 9.98. The van der Waals surface area contributed by atoms with Gasteiger partial charge >= 0.3 is 5.97 Å². The highest BCUT2D eigenvalue weighted by Gasteiger charge is 2.10. The number of anilines is 1. The van der Waals surface area contributed by atoms with E-state index in [-0.39, 0.29) is 12.2 Å². The van der Waals surface area contributed by atoms with Crippen LogP contribution in [-0.4, -0.2) is 33.5 Å². The number of phenolic OH excluding ortho intramolecular Hbond substituents is 1. The van der Waals surface area contributed by atoms with Gasteiger partial charge in [-0.3, -0.25) is 4.79 Å². The number of pyridine rings is 1. The van der Waals surface area contributed by atoms with Gasteiger partial charge in [0.05, 0.1) is 5.69 Å². The normalized spacial score (nSPS) is 10.7. The molecule has 1 heterocycles. The number of para-hydroxylation sites is 1. The van der Waals surface area contributed by atoms with Crippen LogP contribution in [0.3, 0.4) is 0 Å². The summed E-state index contributed by atoms with van der Waals surface area (Å²) in [6.07, 6.45) is 0.617. The number of aromatic hydroxyl groups is 1. The summed E-state index contributed by atoms with van der Waals surface area (Å²) in [4.78, 5) is 16.6. The van der Waals surface area contributed by atoms with Crippen molar-refractivity contribution in [1.82, 2.24) is 4.98 Å². The molecule has 0 aliphatic heterocycles. The van der Waals surface area contributed by atoms with E-state index in [9.17, 15) is 9.90 Å². The van der Waals surface area contributed by atoms with Crippen LogP contribution in [0.2, 0.25) is 0 Å². The standard InChI is InChI=1S/C23H24N2O3S/c1-2-29-18-11-9-16(10-12-18)17-14-20(19-6-3-4-7-21(19)26)25-22(15-17)24-13-5-8-23(27)28/h3-4,6-7,9-12,14-15,26H,2,5,8,13H2,1H3,(H,24,25)(H,27,28). The molecule has 0 aliphatic carbocycles. The number of carboxylic acids is 1. The molecule has 2 aromatic carbocycles. The Balaban J connectivity index is 1.93. The number of benzene rings is 2. The summed E-state index contributed by atoms with van der Waals surface area (Å²) in [6.45, 7) is 2.64. The molecule has 29 heavy (non-hydrogen) atoms. The van der Waals surface area contributed by atoms with Crippen LogP contribution in [0.1, 0.15) is 19.8 Å². The van der Waals surface area contributed by atoms with Crippen LogP contribution in [-0.2, 0) is 4.79 Å². The molecule has 3 aromatic rings. The molecule has 0 amide bonds. The maximum atomic E-state index is 10.7. The first-order valence-electron chi connectivity index (χ1n) is 9.56. The fourth-order valence-corrected chi connectivity index (χ4v) is 3.64. The number of carboxylic acid groups (broad SMARTS) is 1. The zero-order valence-electron chi connectivity index (χ0n) is 16.3. The van der Waals surface area contributed by atoms with Crippen molar-refractivity contribution < 1.29 is 15.0 Å². The second-order valence-electron chi connectivity index (χ2n) is 6.52. The summed E-state index contributed by atoms with van der Waals surface area (Å²) in [5.74, 6) is 1.03. The van der Waals surface area contributed by atoms with Crippen LogP contribution in [0.25, 0.3) is 22.4 Å². The molecular weight excluding hydrogens is 384 g/mol. The third kappa shape index (κ3) is 5.74. The Labute approximate surface area is 174 Å². The number of hydrogen-bond acceptors (Lipinski definition) is 5. The third-order valence-electron chi connectivity index (χ3n) is 4.38. The van der Waals surface area contributed by atoms with E-state index >= 15 is 0 Å². The van der Waals surface area contributed by atoms with E-state index in [1.54, 1.807) is 23.9 Å². The minimum absolute atomic E-state index is 0.107. The highest BCUT2D eigenvalue weighted by molar-refractivity contribution is 7.99. The largest absolute Gasteiger partial charge is 0.507 e. The van der Waals surface area contributed by atoms with E-state index < -0.39 is 5.97 Å². The van der Waals surface area contributed by atoms with Gasteiger partial charge in [0, 0.05) is 23.4 Å². The Morgan fingerprint density at radius 1 is 1.07 bits per heavy atom. The topological polar surface area (TPSA) is 82.5 Å². The van der Waals surface area contributed by atoms with Crippen LogP contribution in [0.4, 0.5) is 5.82 Å². The molecule has 3 rings (SSSR count). The maximum absolute atomic E-state index is 10.7. The van der Waals surface area contributed by atoms with Gasteiger partial charge in [-0.05, 0) is 59.7 Å². The molecule has 0 bridgehead atoms. The smallest absolute Gasteiger partial charge is 0.303 e. The molecule has 0 aliphatic rings. The quantitative estimate of drug-likeness (QED) is 0.320. The van der Waals surface area contributed by atoms with E-state index in [1.807, 2.05) is 24.3 Å². The van der Waals surface area contributed by atoms with Gasteiger partial charge in [0.25, 0.3) is 0 Å². The summed E-state index contributed by atoms with van der Waals surface area (Å²) >= 11 is 1.79. The summed E-state index contributed by atoms with van der Waals surface area (Å²) in [5, 5.41) is 22.3. The van der Waals surface area contributed by atoms with Crippen molar-refractivity contribution in [2.24, 2.45) is 0 Å². The monoisotopic (exact) mass is 408 g/mol. The lowest BCUT2D eigenvalue weighted by molar-refractivity contribution is -0.137. The number of phenols is 1. The first kappa shape index (κ1) is 20.7. The lowest BCUT2D eigenvalue weighted by Gasteiger charge is -2.12. The minimum Gasteiger partial charge on any atom is -0.507 e. The van der Waals surface area contributed by atoms with Crippen molar-refractivity contribution in [3.05, 3.63) is 60.7 Å². The van der Waals surface area contributed by atoms with Crippen molar-refractivity contribution in [2.45, 2.75) is 24.7 Å². The Hall–Kier alpha value is -2.99. The molecular formula is C23H24N2O3S. The zero-order chi connectivity index (χ0) is 20.6. The Bertz CT molecular complexity index is 974. The molecule has 1 aromatic heterocycles. The van der Waals surface area contributed by atoms with Gasteiger partial charge in [-0.15, -0.1) is 11.8 Å². The molecule has 0 saturated carbocycles. The van der Waals surface area contributed by atoms with Crippen LogP contribution in [0, 0.1) is 0 Å². The van der Waals surface area contributed by atoms with Crippen molar-refractivity contribution >= 4 is 23.5 Å². The third-order valence-corrected chi connectivity index (χ3v) is 5.27. The molecule has 0 saturated heterocycles. The summed E-state index contributed by atoms with van der Waals surface area (Å²) in [7, 11) is 0. The van der Waals surface area contributed by atoms with Gasteiger partial charge in [0.2, 0.25) is 0 Å². The molecule has 0 spiro atoms. The number of nitrogens with zero attached hydrogens (tertiary/aromatic N) is 1. The van der Waals surface area contributed by atoms with E-state index in [0.29, 0.717) is 30.0 Å². The molecule has 0 atom stereocenters. The maximum Gasteiger partial charge on any atom is 0.303 e. The van der Waals surface area contributed by atoms with E-state index in [0.717, 1.165) is 16.9 Å². The van der Waals surface area contributed by atoms with Crippen molar-refractivity contribution in [2.75, 3.05) is 17.6 Å². The van der Waals surface area contributed by atoms with E-state index in [1.165, 1.54) is 4.90 Å². The number of aromatic nitrogens is 1. The molecule has 3 N–H and O–H groups in total.